The fraction of sp³-hybridized carbons (Fsp3) is 0.300. The average molecular weight is 274 g/mol. The Balaban J connectivity index is 2.66. The summed E-state index contributed by atoms with van der Waals surface area (Å²) in [6.07, 6.45) is -0.354. The van der Waals surface area contributed by atoms with Gasteiger partial charge in [-0.15, -0.1) is 0 Å². The summed E-state index contributed by atoms with van der Waals surface area (Å²) in [7, 11) is 1.30. The maximum absolute atomic E-state index is 11.2. The van der Waals surface area contributed by atoms with E-state index in [-0.39, 0.29) is 0 Å². The molecule has 0 spiro atoms. The van der Waals surface area contributed by atoms with Crippen LogP contribution in [0.5, 0.6) is 0 Å². The Kier molecular flexibility index (Phi) is 4.74. The number of rotatable bonds is 4. The predicted octanol–water partition coefficient (Wildman–Crippen LogP) is 1.42. The maximum Gasteiger partial charge on any atom is 0.337 e. The molecule has 0 saturated heterocycles. The molecule has 82 valence electrons. The molecule has 0 fully saturated rings. The minimum atomic E-state index is -0.754. The summed E-state index contributed by atoms with van der Waals surface area (Å²) in [6.45, 7) is 0. The number of halogens is 1. The fourth-order valence-electron chi connectivity index (χ4n) is 1.15. The first-order chi connectivity index (χ1) is 7.17. The van der Waals surface area contributed by atoms with Crippen molar-refractivity contribution in [3.63, 3.8) is 0 Å². The van der Waals surface area contributed by atoms with E-state index in [2.05, 4.69) is 25.5 Å². The number of benzene rings is 1. The van der Waals surface area contributed by atoms with Crippen LogP contribution in [0.25, 0.3) is 0 Å². The Morgan fingerprint density at radius 2 is 2.07 bits per heavy atom. The lowest BCUT2D eigenvalue weighted by molar-refractivity contribution is -0.154. The molecule has 1 atom stereocenters. The third-order valence-corrected chi connectivity index (χ3v) is 2.49. The van der Waals surface area contributed by atoms with E-state index in [1.807, 2.05) is 24.3 Å². The topological polar surface area (TPSA) is 61.5 Å². The summed E-state index contributed by atoms with van der Waals surface area (Å²) in [5, 5.41) is 0. The van der Waals surface area contributed by atoms with Crippen molar-refractivity contribution in [2.45, 2.75) is 12.5 Å². The largest absolute Gasteiger partial charge is 0.467 e. The molecule has 15 heavy (non-hydrogen) atoms. The zero-order chi connectivity index (χ0) is 11.3. The lowest BCUT2D eigenvalue weighted by atomic mass is 10.1. The molecule has 0 aliphatic rings. The van der Waals surface area contributed by atoms with Crippen LogP contribution in [0.1, 0.15) is 5.56 Å². The quantitative estimate of drug-likeness (QED) is 0.666. The van der Waals surface area contributed by atoms with E-state index in [0.717, 1.165) is 10.0 Å². The van der Waals surface area contributed by atoms with Crippen LogP contribution >= 0.6 is 15.9 Å². The fourth-order valence-corrected chi connectivity index (χ4v) is 1.42. The van der Waals surface area contributed by atoms with Crippen molar-refractivity contribution in [2.24, 2.45) is 5.90 Å². The Morgan fingerprint density at radius 3 is 2.53 bits per heavy atom. The van der Waals surface area contributed by atoms with Crippen LogP contribution in [-0.4, -0.2) is 19.2 Å². The lowest BCUT2D eigenvalue weighted by Crippen LogP contribution is -2.30. The van der Waals surface area contributed by atoms with Crippen molar-refractivity contribution in [3.05, 3.63) is 34.3 Å². The van der Waals surface area contributed by atoms with Gasteiger partial charge in [-0.3, -0.25) is 4.84 Å². The number of carbonyl (C=O) groups is 1. The van der Waals surface area contributed by atoms with Gasteiger partial charge in [-0.2, -0.15) is 0 Å². The number of esters is 1. The Hall–Kier alpha value is -0.910. The molecule has 1 aromatic rings. The van der Waals surface area contributed by atoms with Crippen molar-refractivity contribution in [1.29, 1.82) is 0 Å². The van der Waals surface area contributed by atoms with E-state index in [1.54, 1.807) is 0 Å². The van der Waals surface area contributed by atoms with E-state index in [1.165, 1.54) is 7.11 Å². The molecule has 0 heterocycles. The molecule has 0 bridgehead atoms. The standard InChI is InChI=1S/C10H12BrNO3/c1-14-10(13)9(15-12)6-7-2-4-8(11)5-3-7/h2-5,9H,6,12H2,1H3. The van der Waals surface area contributed by atoms with Gasteiger partial charge in [-0.25, -0.2) is 10.7 Å². The van der Waals surface area contributed by atoms with Gasteiger partial charge >= 0.3 is 5.97 Å². The van der Waals surface area contributed by atoms with Gasteiger partial charge in [0, 0.05) is 10.9 Å². The van der Waals surface area contributed by atoms with E-state index in [4.69, 9.17) is 5.90 Å². The van der Waals surface area contributed by atoms with Crippen molar-refractivity contribution in [3.8, 4) is 0 Å². The van der Waals surface area contributed by atoms with Gasteiger partial charge in [0.15, 0.2) is 6.10 Å². The van der Waals surface area contributed by atoms with Crippen molar-refractivity contribution < 1.29 is 14.4 Å². The molecule has 0 amide bonds. The first kappa shape index (κ1) is 12.2. The second kappa shape index (κ2) is 5.85. The van der Waals surface area contributed by atoms with Gasteiger partial charge in [0.05, 0.1) is 7.11 Å². The van der Waals surface area contributed by atoms with Gasteiger partial charge in [-0.1, -0.05) is 28.1 Å². The molecule has 1 rings (SSSR count). The van der Waals surface area contributed by atoms with Crippen LogP contribution in [-0.2, 0) is 20.8 Å². The number of nitrogens with two attached hydrogens (primary N) is 1. The average Bonchev–Trinajstić information content (AvgIpc) is 2.27. The first-order valence-electron chi connectivity index (χ1n) is 4.35. The van der Waals surface area contributed by atoms with Crippen molar-refractivity contribution in [2.75, 3.05) is 7.11 Å². The summed E-state index contributed by atoms with van der Waals surface area (Å²) < 4.78 is 5.53. The number of hydrogen-bond acceptors (Lipinski definition) is 4. The highest BCUT2D eigenvalue weighted by molar-refractivity contribution is 9.10. The number of methoxy groups -OCH3 is 1. The first-order valence-corrected chi connectivity index (χ1v) is 5.14. The van der Waals surface area contributed by atoms with Crippen LogP contribution in [0, 0.1) is 0 Å². The molecule has 0 aromatic heterocycles. The summed E-state index contributed by atoms with van der Waals surface area (Å²) in [5.74, 6) is 4.55. The van der Waals surface area contributed by atoms with Crippen molar-refractivity contribution >= 4 is 21.9 Å². The van der Waals surface area contributed by atoms with Crippen LogP contribution in [0.3, 0.4) is 0 Å². The summed E-state index contributed by atoms with van der Waals surface area (Å²) in [6, 6.07) is 7.55. The molecular weight excluding hydrogens is 262 g/mol. The summed E-state index contributed by atoms with van der Waals surface area (Å²) in [5.41, 5.74) is 0.957. The minimum absolute atomic E-state index is 0.399. The Morgan fingerprint density at radius 1 is 1.47 bits per heavy atom. The van der Waals surface area contributed by atoms with E-state index >= 15 is 0 Å². The normalized spacial score (nSPS) is 12.2. The highest BCUT2D eigenvalue weighted by Gasteiger charge is 2.19. The highest BCUT2D eigenvalue weighted by atomic mass is 79.9. The molecule has 0 aliphatic heterocycles. The van der Waals surface area contributed by atoms with Gasteiger partial charge in [-0.05, 0) is 17.7 Å². The van der Waals surface area contributed by atoms with Gasteiger partial charge in [0.2, 0.25) is 0 Å². The zero-order valence-electron chi connectivity index (χ0n) is 8.27. The third-order valence-electron chi connectivity index (χ3n) is 1.96. The lowest BCUT2D eigenvalue weighted by Gasteiger charge is -2.11. The molecule has 2 N–H and O–H groups in total. The molecule has 4 nitrogen and oxygen atoms in total. The minimum Gasteiger partial charge on any atom is -0.467 e. The highest BCUT2D eigenvalue weighted by Crippen LogP contribution is 2.12. The molecule has 1 unspecified atom stereocenters. The molecular formula is C10H12BrNO3. The number of carbonyl (C=O) groups excluding carboxylic acids is 1. The second-order valence-corrected chi connectivity index (χ2v) is 3.89. The second-order valence-electron chi connectivity index (χ2n) is 2.98. The van der Waals surface area contributed by atoms with Gasteiger partial charge < -0.3 is 4.74 Å². The SMILES string of the molecule is COC(=O)C(Cc1ccc(Br)cc1)ON. The Bertz CT molecular complexity index is 326. The smallest absolute Gasteiger partial charge is 0.337 e. The predicted molar refractivity (Wildman–Crippen MR) is 58.9 cm³/mol. The third kappa shape index (κ3) is 3.62. The molecule has 0 radical (unpaired) electrons. The molecule has 0 aliphatic carbocycles. The number of hydrogen-bond donors (Lipinski definition) is 1. The summed E-state index contributed by atoms with van der Waals surface area (Å²) >= 11 is 3.32. The summed E-state index contributed by atoms with van der Waals surface area (Å²) in [4.78, 5) is 15.7. The number of ether oxygens (including phenoxy) is 1. The van der Waals surface area contributed by atoms with Crippen LogP contribution < -0.4 is 5.90 Å². The zero-order valence-corrected chi connectivity index (χ0v) is 9.86. The van der Waals surface area contributed by atoms with E-state index < -0.39 is 12.1 Å². The van der Waals surface area contributed by atoms with Crippen LogP contribution in [0.2, 0.25) is 0 Å². The van der Waals surface area contributed by atoms with Gasteiger partial charge in [0.1, 0.15) is 0 Å². The Labute approximate surface area is 96.4 Å². The molecule has 1 aromatic carbocycles. The van der Waals surface area contributed by atoms with Crippen LogP contribution in [0.15, 0.2) is 28.7 Å². The van der Waals surface area contributed by atoms with E-state index in [0.29, 0.717) is 6.42 Å². The monoisotopic (exact) mass is 273 g/mol. The van der Waals surface area contributed by atoms with Crippen LogP contribution in [0.4, 0.5) is 0 Å². The van der Waals surface area contributed by atoms with Crippen molar-refractivity contribution in [1.82, 2.24) is 0 Å². The molecule has 0 saturated carbocycles. The van der Waals surface area contributed by atoms with Gasteiger partial charge in [0.25, 0.3) is 0 Å². The maximum atomic E-state index is 11.2. The van der Waals surface area contributed by atoms with E-state index in [9.17, 15) is 4.79 Å². The molecule has 5 heteroatoms.